The molecule has 0 aliphatic rings. The zero-order valence-electron chi connectivity index (χ0n) is 12.9. The predicted molar refractivity (Wildman–Crippen MR) is 85.1 cm³/mol. The van der Waals surface area contributed by atoms with Gasteiger partial charge in [-0.2, -0.15) is 0 Å². The molecule has 0 spiro atoms. The van der Waals surface area contributed by atoms with Gasteiger partial charge in [0.1, 0.15) is 0 Å². The van der Waals surface area contributed by atoms with Gasteiger partial charge in [-0.1, -0.05) is 6.92 Å². The number of carbonyl (C=O) groups excluding carboxylic acids is 1. The van der Waals surface area contributed by atoms with Crippen molar-refractivity contribution in [3.05, 3.63) is 45.7 Å². The Morgan fingerprint density at radius 3 is 2.77 bits per heavy atom. The summed E-state index contributed by atoms with van der Waals surface area (Å²) in [7, 11) is 0. The fourth-order valence-electron chi connectivity index (χ4n) is 2.30. The second-order valence-corrected chi connectivity index (χ2v) is 5.24. The number of benzene rings is 1. The van der Waals surface area contributed by atoms with Gasteiger partial charge >= 0.3 is 5.97 Å². The number of aromatic amines is 1. The Morgan fingerprint density at radius 1 is 1.32 bits per heavy atom. The Kier molecular flexibility index (Phi) is 5.33. The number of fused-ring (bicyclic) bond motifs is 1. The summed E-state index contributed by atoms with van der Waals surface area (Å²) in [5.74, 6) is -0.432. The normalized spacial score (nSPS) is 12.3. The molecule has 0 fully saturated rings. The van der Waals surface area contributed by atoms with E-state index < -0.39 is 5.97 Å². The summed E-state index contributed by atoms with van der Waals surface area (Å²) >= 11 is 0. The highest BCUT2D eigenvalue weighted by Gasteiger charge is 2.10. The highest BCUT2D eigenvalue weighted by Crippen LogP contribution is 2.14. The van der Waals surface area contributed by atoms with Crippen molar-refractivity contribution in [3.63, 3.8) is 0 Å². The van der Waals surface area contributed by atoms with Gasteiger partial charge in [0.25, 0.3) is 0 Å². The monoisotopic (exact) mass is 303 g/mol. The summed E-state index contributed by atoms with van der Waals surface area (Å²) in [6.07, 6.45) is 1.56. The minimum Gasteiger partial charge on any atom is -0.462 e. The van der Waals surface area contributed by atoms with Crippen LogP contribution in [-0.4, -0.2) is 28.8 Å². The van der Waals surface area contributed by atoms with Gasteiger partial charge < -0.3 is 14.8 Å². The highest BCUT2D eigenvalue weighted by atomic mass is 16.5. The lowest BCUT2D eigenvalue weighted by Gasteiger charge is -2.09. The van der Waals surface area contributed by atoms with Crippen molar-refractivity contribution >= 4 is 16.9 Å². The lowest BCUT2D eigenvalue weighted by atomic mass is 10.1. The first-order valence-electron chi connectivity index (χ1n) is 7.56. The van der Waals surface area contributed by atoms with Crippen LogP contribution in [-0.2, 0) is 11.2 Å². The van der Waals surface area contributed by atoms with E-state index in [-0.39, 0.29) is 11.5 Å². The van der Waals surface area contributed by atoms with Gasteiger partial charge in [0.15, 0.2) is 5.43 Å². The zero-order valence-corrected chi connectivity index (χ0v) is 12.9. The number of hydrogen-bond donors (Lipinski definition) is 2. The molecule has 118 valence electrons. The number of hydrogen-bond acceptors (Lipinski definition) is 4. The third-order valence-corrected chi connectivity index (χ3v) is 3.61. The summed E-state index contributed by atoms with van der Waals surface area (Å²) in [5, 5.41) is 10.1. The maximum Gasteiger partial charge on any atom is 0.338 e. The molecule has 0 amide bonds. The molecule has 1 atom stereocenters. The number of H-pyrrole nitrogens is 1. The van der Waals surface area contributed by atoms with E-state index in [1.807, 2.05) is 6.92 Å². The average molecular weight is 303 g/mol. The Bertz CT molecular complexity index is 720. The van der Waals surface area contributed by atoms with E-state index in [9.17, 15) is 14.7 Å². The molecule has 22 heavy (non-hydrogen) atoms. The van der Waals surface area contributed by atoms with Gasteiger partial charge in [0.05, 0.1) is 18.3 Å². The highest BCUT2D eigenvalue weighted by molar-refractivity contribution is 5.94. The van der Waals surface area contributed by atoms with Crippen LogP contribution in [0, 0.1) is 0 Å². The molecule has 1 aromatic heterocycles. The lowest BCUT2D eigenvalue weighted by Crippen LogP contribution is -2.11. The minimum atomic E-state index is -0.432. The first-order valence-corrected chi connectivity index (χ1v) is 7.56. The van der Waals surface area contributed by atoms with Crippen molar-refractivity contribution in [2.45, 2.75) is 39.2 Å². The van der Waals surface area contributed by atoms with Crippen molar-refractivity contribution in [2.24, 2.45) is 0 Å². The molecule has 0 radical (unpaired) electrons. The molecular formula is C17H21NO4. The van der Waals surface area contributed by atoms with Gasteiger partial charge in [-0.15, -0.1) is 0 Å². The smallest absolute Gasteiger partial charge is 0.338 e. The second-order valence-electron chi connectivity index (χ2n) is 5.24. The van der Waals surface area contributed by atoms with Crippen molar-refractivity contribution in [2.75, 3.05) is 6.61 Å². The van der Waals surface area contributed by atoms with Crippen molar-refractivity contribution in [1.82, 2.24) is 4.98 Å². The summed E-state index contributed by atoms with van der Waals surface area (Å²) in [4.78, 5) is 27.1. The molecule has 5 heteroatoms. The first kappa shape index (κ1) is 16.2. The summed E-state index contributed by atoms with van der Waals surface area (Å²) < 4.78 is 4.94. The van der Waals surface area contributed by atoms with E-state index in [0.717, 1.165) is 5.69 Å². The molecule has 1 unspecified atom stereocenters. The third kappa shape index (κ3) is 3.74. The molecule has 0 aliphatic carbocycles. The number of pyridine rings is 1. The Balaban J connectivity index is 2.30. The van der Waals surface area contributed by atoms with E-state index in [1.165, 1.54) is 6.07 Å². The largest absolute Gasteiger partial charge is 0.462 e. The SMILES string of the molecule is CCOC(=O)c1ccc2[nH]c(CCC(O)CC)cc(=O)c2c1. The predicted octanol–water partition coefficient (Wildman–Crippen LogP) is 2.41. The van der Waals surface area contributed by atoms with Crippen LogP contribution >= 0.6 is 0 Å². The van der Waals surface area contributed by atoms with Crippen molar-refractivity contribution in [1.29, 1.82) is 0 Å². The van der Waals surface area contributed by atoms with Crippen LogP contribution in [0.4, 0.5) is 0 Å². The van der Waals surface area contributed by atoms with Crippen LogP contribution in [0.1, 0.15) is 42.7 Å². The Labute approximate surface area is 128 Å². The van der Waals surface area contributed by atoms with Gasteiger partial charge in [-0.3, -0.25) is 4.79 Å². The maximum atomic E-state index is 12.2. The molecule has 0 saturated heterocycles. The molecule has 2 rings (SSSR count). The van der Waals surface area contributed by atoms with Gasteiger partial charge in [0, 0.05) is 22.7 Å². The lowest BCUT2D eigenvalue weighted by molar-refractivity contribution is 0.0526. The quantitative estimate of drug-likeness (QED) is 0.803. The molecule has 1 heterocycles. The summed E-state index contributed by atoms with van der Waals surface area (Å²) in [6, 6.07) is 6.43. The zero-order chi connectivity index (χ0) is 16.1. The molecule has 2 N–H and O–H groups in total. The number of esters is 1. The Hall–Kier alpha value is -2.14. The van der Waals surface area contributed by atoms with E-state index in [0.29, 0.717) is 42.3 Å². The van der Waals surface area contributed by atoms with E-state index in [2.05, 4.69) is 4.98 Å². The van der Waals surface area contributed by atoms with Gasteiger partial charge in [0.2, 0.25) is 0 Å². The number of nitrogens with one attached hydrogen (secondary N) is 1. The molecule has 1 aromatic carbocycles. The first-order chi connectivity index (χ1) is 10.5. The number of ether oxygens (including phenoxy) is 1. The molecule has 2 aromatic rings. The van der Waals surface area contributed by atoms with Crippen LogP contribution in [0.5, 0.6) is 0 Å². The molecule has 0 saturated carbocycles. The fourth-order valence-corrected chi connectivity index (χ4v) is 2.30. The van der Waals surface area contributed by atoms with E-state index in [4.69, 9.17) is 4.74 Å². The fraction of sp³-hybridized carbons (Fsp3) is 0.412. The van der Waals surface area contributed by atoms with Crippen LogP contribution in [0.25, 0.3) is 10.9 Å². The van der Waals surface area contributed by atoms with Gasteiger partial charge in [-0.05, 0) is 44.4 Å². The number of aryl methyl sites for hydroxylation is 1. The number of carbonyl (C=O) groups is 1. The Morgan fingerprint density at radius 2 is 2.09 bits per heavy atom. The number of aliphatic hydroxyl groups is 1. The number of rotatable bonds is 6. The minimum absolute atomic E-state index is 0.138. The van der Waals surface area contributed by atoms with Crippen LogP contribution in [0.2, 0.25) is 0 Å². The van der Waals surface area contributed by atoms with E-state index >= 15 is 0 Å². The molecule has 5 nitrogen and oxygen atoms in total. The third-order valence-electron chi connectivity index (χ3n) is 3.61. The van der Waals surface area contributed by atoms with E-state index in [1.54, 1.807) is 25.1 Å². The van der Waals surface area contributed by atoms with Crippen molar-refractivity contribution < 1.29 is 14.6 Å². The summed E-state index contributed by atoms with van der Waals surface area (Å²) in [6.45, 7) is 3.96. The van der Waals surface area contributed by atoms with Crippen LogP contribution in [0.3, 0.4) is 0 Å². The maximum absolute atomic E-state index is 12.2. The number of aromatic nitrogens is 1. The molecule has 0 aliphatic heterocycles. The molecular weight excluding hydrogens is 282 g/mol. The van der Waals surface area contributed by atoms with Crippen LogP contribution < -0.4 is 5.43 Å². The standard InChI is InChI=1S/C17H21NO4/c1-3-13(19)7-6-12-10-16(20)14-9-11(17(21)22-4-2)5-8-15(14)18-12/h5,8-10,13,19H,3-4,6-7H2,1-2H3,(H,18,20). The van der Waals surface area contributed by atoms with Gasteiger partial charge in [-0.25, -0.2) is 4.79 Å². The average Bonchev–Trinajstić information content (AvgIpc) is 2.52. The second kappa shape index (κ2) is 7.22. The molecule has 0 bridgehead atoms. The van der Waals surface area contributed by atoms with Crippen LogP contribution in [0.15, 0.2) is 29.1 Å². The number of aliphatic hydroxyl groups excluding tert-OH is 1. The summed E-state index contributed by atoms with van der Waals surface area (Å²) in [5.41, 5.74) is 1.70. The topological polar surface area (TPSA) is 79.4 Å². The van der Waals surface area contributed by atoms with Crippen molar-refractivity contribution in [3.8, 4) is 0 Å².